The van der Waals surface area contributed by atoms with Crippen LogP contribution in [-0.2, 0) is 27.1 Å². The minimum Gasteiger partial charge on any atom is -0.478 e. The second kappa shape index (κ2) is 7.92. The van der Waals surface area contributed by atoms with Crippen molar-refractivity contribution in [2.75, 3.05) is 4.72 Å². The number of rotatable bonds is 6. The molecular weight excluding hydrogens is 316 g/mol. The Morgan fingerprint density at radius 2 is 2.00 bits per heavy atom. The molecule has 0 heterocycles. The first kappa shape index (κ1) is 17.2. The van der Waals surface area contributed by atoms with Crippen LogP contribution in [0.15, 0.2) is 35.9 Å². The maximum absolute atomic E-state index is 12.4. The van der Waals surface area contributed by atoms with Crippen LogP contribution in [0.4, 0.5) is 5.69 Å². The highest BCUT2D eigenvalue weighted by molar-refractivity contribution is 7.87. The highest BCUT2D eigenvalue weighted by atomic mass is 32.2. The van der Waals surface area contributed by atoms with E-state index in [9.17, 15) is 18.9 Å². The van der Waals surface area contributed by atoms with Crippen molar-refractivity contribution < 1.29 is 18.9 Å². The van der Waals surface area contributed by atoms with Crippen LogP contribution < -0.4 is 10.0 Å². The smallest absolute Gasteiger partial charge is 0.332 e. The summed E-state index contributed by atoms with van der Waals surface area (Å²) in [6, 6.07) is 7.18. The van der Waals surface area contributed by atoms with E-state index in [2.05, 4.69) is 10.0 Å². The Morgan fingerprint density at radius 3 is 2.61 bits per heavy atom. The standard InChI is InChI=1S/C16H20N2O4S/c1-11(19)17-10-12-6-8-13(9-7-12)18-23(22)15-5-3-2-4-14(15)16(20)21/h4,6-9,15,18H,2-3,5,10H2,1H3,(H,17,19)(H,20,21). The summed E-state index contributed by atoms with van der Waals surface area (Å²) in [5.41, 5.74) is 1.81. The Balaban J connectivity index is 1.99. The second-order valence-electron chi connectivity index (χ2n) is 5.39. The van der Waals surface area contributed by atoms with E-state index in [1.165, 1.54) is 6.92 Å². The van der Waals surface area contributed by atoms with Crippen LogP contribution in [-0.4, -0.2) is 26.4 Å². The number of amides is 1. The molecule has 0 bridgehead atoms. The maximum atomic E-state index is 12.4. The predicted octanol–water partition coefficient (Wildman–Crippen LogP) is 1.96. The lowest BCUT2D eigenvalue weighted by Gasteiger charge is -2.21. The molecule has 2 atom stereocenters. The molecular formula is C16H20N2O4S. The molecule has 1 amide bonds. The van der Waals surface area contributed by atoms with Crippen molar-refractivity contribution in [1.29, 1.82) is 0 Å². The van der Waals surface area contributed by atoms with Gasteiger partial charge in [-0.3, -0.25) is 4.79 Å². The number of hydrogen-bond acceptors (Lipinski definition) is 3. The molecule has 1 aromatic rings. The minimum atomic E-state index is -1.49. The molecule has 23 heavy (non-hydrogen) atoms. The van der Waals surface area contributed by atoms with Gasteiger partial charge in [0.25, 0.3) is 0 Å². The van der Waals surface area contributed by atoms with E-state index < -0.39 is 22.2 Å². The highest BCUT2D eigenvalue weighted by Gasteiger charge is 2.28. The van der Waals surface area contributed by atoms with Crippen molar-refractivity contribution in [3.63, 3.8) is 0 Å². The van der Waals surface area contributed by atoms with Gasteiger partial charge in [-0.2, -0.15) is 0 Å². The molecule has 0 aromatic heterocycles. The highest BCUT2D eigenvalue weighted by Crippen LogP contribution is 2.24. The lowest BCUT2D eigenvalue weighted by atomic mass is 9.99. The maximum Gasteiger partial charge on any atom is 0.332 e. The normalized spacial score (nSPS) is 18.7. The molecule has 6 nitrogen and oxygen atoms in total. The summed E-state index contributed by atoms with van der Waals surface area (Å²) in [4.78, 5) is 22.1. The molecule has 2 unspecified atom stereocenters. The van der Waals surface area contributed by atoms with Gasteiger partial charge in [0.15, 0.2) is 0 Å². The Morgan fingerprint density at radius 1 is 1.30 bits per heavy atom. The van der Waals surface area contributed by atoms with E-state index in [0.717, 1.165) is 12.0 Å². The van der Waals surface area contributed by atoms with Crippen LogP contribution in [0, 0.1) is 0 Å². The number of carbonyl (C=O) groups is 2. The molecule has 0 saturated heterocycles. The summed E-state index contributed by atoms with van der Waals surface area (Å²) in [5.74, 6) is -1.10. The van der Waals surface area contributed by atoms with Crippen molar-refractivity contribution in [1.82, 2.24) is 5.32 Å². The molecule has 0 fully saturated rings. The van der Waals surface area contributed by atoms with Crippen molar-refractivity contribution in [3.8, 4) is 0 Å². The second-order valence-corrected chi connectivity index (χ2v) is 6.76. The largest absolute Gasteiger partial charge is 0.478 e. The third-order valence-electron chi connectivity index (χ3n) is 3.60. The van der Waals surface area contributed by atoms with Gasteiger partial charge in [0, 0.05) is 19.2 Å². The van der Waals surface area contributed by atoms with Crippen LogP contribution >= 0.6 is 0 Å². The monoisotopic (exact) mass is 336 g/mol. The van der Waals surface area contributed by atoms with Crippen LogP contribution in [0.1, 0.15) is 31.7 Å². The van der Waals surface area contributed by atoms with Crippen molar-refractivity contribution in [2.24, 2.45) is 0 Å². The fourth-order valence-corrected chi connectivity index (χ4v) is 3.72. The van der Waals surface area contributed by atoms with Crippen LogP contribution in [0.2, 0.25) is 0 Å². The lowest BCUT2D eigenvalue weighted by molar-refractivity contribution is -0.132. The Labute approximate surface area is 137 Å². The first-order valence-corrected chi connectivity index (χ1v) is 8.62. The summed E-state index contributed by atoms with van der Waals surface area (Å²) in [6.07, 6.45) is 3.81. The molecule has 1 aromatic carbocycles. The van der Waals surface area contributed by atoms with Gasteiger partial charge in [0.2, 0.25) is 5.91 Å². The van der Waals surface area contributed by atoms with Crippen LogP contribution in [0.25, 0.3) is 0 Å². The number of carboxylic acids is 1. The summed E-state index contributed by atoms with van der Waals surface area (Å²) < 4.78 is 15.3. The molecule has 0 aliphatic heterocycles. The van der Waals surface area contributed by atoms with Crippen LogP contribution in [0.3, 0.4) is 0 Å². The molecule has 0 spiro atoms. The molecule has 2 rings (SSSR count). The first-order chi connectivity index (χ1) is 11.0. The number of allylic oxidation sites excluding steroid dienone is 1. The van der Waals surface area contributed by atoms with E-state index >= 15 is 0 Å². The van der Waals surface area contributed by atoms with Crippen LogP contribution in [0.5, 0.6) is 0 Å². The Hall–Kier alpha value is -2.15. The van der Waals surface area contributed by atoms with Gasteiger partial charge in [0.05, 0.1) is 10.8 Å². The van der Waals surface area contributed by atoms with E-state index in [1.54, 1.807) is 18.2 Å². The topological polar surface area (TPSA) is 95.5 Å². The number of carbonyl (C=O) groups excluding carboxylic acids is 1. The number of nitrogens with one attached hydrogen (secondary N) is 2. The number of hydrogen-bond donors (Lipinski definition) is 3. The van der Waals surface area contributed by atoms with E-state index in [1.807, 2.05) is 12.1 Å². The van der Waals surface area contributed by atoms with E-state index in [0.29, 0.717) is 25.1 Å². The zero-order valence-electron chi connectivity index (χ0n) is 12.9. The van der Waals surface area contributed by atoms with E-state index in [-0.39, 0.29) is 11.5 Å². The van der Waals surface area contributed by atoms with Crippen molar-refractivity contribution in [3.05, 3.63) is 41.5 Å². The summed E-state index contributed by atoms with van der Waals surface area (Å²) in [7, 11) is -1.49. The Bertz CT molecular complexity index is 640. The molecule has 1 aliphatic rings. The van der Waals surface area contributed by atoms with E-state index in [4.69, 9.17) is 0 Å². The van der Waals surface area contributed by atoms with Gasteiger partial charge in [-0.1, -0.05) is 18.2 Å². The zero-order chi connectivity index (χ0) is 16.8. The third kappa shape index (κ3) is 4.92. The molecule has 7 heteroatoms. The average molecular weight is 336 g/mol. The predicted molar refractivity (Wildman–Crippen MR) is 89.1 cm³/mol. The summed E-state index contributed by atoms with van der Waals surface area (Å²) in [6.45, 7) is 1.89. The van der Waals surface area contributed by atoms with Gasteiger partial charge in [-0.05, 0) is 37.0 Å². The average Bonchev–Trinajstić information content (AvgIpc) is 2.54. The summed E-state index contributed by atoms with van der Waals surface area (Å²) in [5, 5.41) is 11.4. The fraction of sp³-hybridized carbons (Fsp3) is 0.375. The van der Waals surface area contributed by atoms with Gasteiger partial charge in [-0.15, -0.1) is 0 Å². The van der Waals surface area contributed by atoms with Gasteiger partial charge in [0.1, 0.15) is 11.0 Å². The SMILES string of the molecule is CC(=O)NCc1ccc(NS(=O)C2CCCC=C2C(=O)O)cc1. The molecule has 3 N–H and O–H groups in total. The van der Waals surface area contributed by atoms with Crippen molar-refractivity contribution in [2.45, 2.75) is 38.0 Å². The quantitative estimate of drug-likeness (QED) is 0.740. The minimum absolute atomic E-state index is 0.0985. The molecule has 0 saturated carbocycles. The fourth-order valence-electron chi connectivity index (χ4n) is 2.40. The van der Waals surface area contributed by atoms with Gasteiger partial charge >= 0.3 is 5.97 Å². The lowest BCUT2D eigenvalue weighted by Crippen LogP contribution is -2.29. The first-order valence-electron chi connectivity index (χ1n) is 7.41. The number of anilines is 1. The molecule has 124 valence electrons. The van der Waals surface area contributed by atoms with Crippen molar-refractivity contribution >= 4 is 28.5 Å². The van der Waals surface area contributed by atoms with Gasteiger partial charge in [-0.25, -0.2) is 9.00 Å². The number of benzene rings is 1. The number of aliphatic carboxylic acids is 1. The van der Waals surface area contributed by atoms with Gasteiger partial charge < -0.3 is 15.1 Å². The zero-order valence-corrected chi connectivity index (χ0v) is 13.7. The Kier molecular flexibility index (Phi) is 5.92. The third-order valence-corrected chi connectivity index (χ3v) is 5.04. The summed E-state index contributed by atoms with van der Waals surface area (Å²) >= 11 is 0. The molecule has 0 radical (unpaired) electrons. The number of carboxylic acid groups (broad SMARTS) is 1. The molecule has 1 aliphatic carbocycles.